The maximum atomic E-state index is 12.6. The molecule has 0 bridgehead atoms. The van der Waals surface area contributed by atoms with Crippen molar-refractivity contribution in [3.63, 3.8) is 0 Å². The predicted octanol–water partition coefficient (Wildman–Crippen LogP) is 2.17. The second-order valence-electron chi connectivity index (χ2n) is 4.95. The first-order valence-electron chi connectivity index (χ1n) is 5.91. The number of rotatable bonds is 0. The first kappa shape index (κ1) is 8.76. The highest BCUT2D eigenvalue weighted by Gasteiger charge is 2.62. The Morgan fingerprint density at radius 1 is 1.38 bits per heavy atom. The number of ketones is 1. The Balaban J connectivity index is 1.96. The van der Waals surface area contributed by atoms with Gasteiger partial charge in [-0.15, -0.1) is 0 Å². The number of Topliss-reactive ketones (excluding diaryl/α,β-unsaturated/α-hetero) is 1. The molecule has 3 heteroatoms. The lowest BCUT2D eigenvalue weighted by molar-refractivity contribution is 0.0845. The fraction of sp³-hybridized carbons (Fsp3) is 0.462. The van der Waals surface area contributed by atoms with Crippen molar-refractivity contribution >= 4 is 11.5 Å². The average Bonchev–Trinajstić information content (AvgIpc) is 2.91. The van der Waals surface area contributed by atoms with Crippen LogP contribution in [-0.4, -0.2) is 17.9 Å². The molecular formula is C13H13NO2. The molecule has 2 fully saturated rings. The molecule has 3 aliphatic rings. The van der Waals surface area contributed by atoms with Gasteiger partial charge in [0.1, 0.15) is 5.54 Å². The quantitative estimate of drug-likeness (QED) is 0.664. The molecule has 16 heavy (non-hydrogen) atoms. The highest BCUT2D eigenvalue weighted by Crippen LogP contribution is 2.54. The molecule has 1 aromatic carbocycles. The molecule has 2 heterocycles. The zero-order chi connectivity index (χ0) is 10.8. The number of carbonyl (C=O) groups is 1. The number of fused-ring (bicyclic) bond motifs is 2. The van der Waals surface area contributed by atoms with Crippen LogP contribution in [0, 0.1) is 5.92 Å². The Morgan fingerprint density at radius 3 is 3.19 bits per heavy atom. The van der Waals surface area contributed by atoms with Crippen LogP contribution in [0.1, 0.15) is 29.6 Å². The molecule has 82 valence electrons. The van der Waals surface area contributed by atoms with Crippen LogP contribution in [0.25, 0.3) is 0 Å². The summed E-state index contributed by atoms with van der Waals surface area (Å²) in [6.45, 7) is 0.708. The van der Waals surface area contributed by atoms with Crippen molar-refractivity contribution < 1.29 is 9.63 Å². The van der Waals surface area contributed by atoms with Gasteiger partial charge in [0.25, 0.3) is 0 Å². The van der Waals surface area contributed by atoms with Gasteiger partial charge >= 0.3 is 0 Å². The second-order valence-corrected chi connectivity index (χ2v) is 4.95. The number of hydrogen-bond acceptors (Lipinski definition) is 3. The Hall–Kier alpha value is -1.35. The average molecular weight is 215 g/mol. The van der Waals surface area contributed by atoms with Crippen molar-refractivity contribution in [2.45, 2.75) is 24.8 Å². The molecule has 2 atom stereocenters. The van der Waals surface area contributed by atoms with Gasteiger partial charge in [0.05, 0.1) is 12.3 Å². The largest absolute Gasteiger partial charge is 0.291 e. The van der Waals surface area contributed by atoms with E-state index in [-0.39, 0.29) is 11.3 Å². The highest BCUT2D eigenvalue weighted by atomic mass is 16.7. The molecule has 1 aromatic rings. The molecule has 2 aliphatic heterocycles. The van der Waals surface area contributed by atoms with Gasteiger partial charge in [-0.3, -0.25) is 9.63 Å². The monoisotopic (exact) mass is 215 g/mol. The van der Waals surface area contributed by atoms with Crippen molar-refractivity contribution in [1.29, 1.82) is 0 Å². The van der Waals surface area contributed by atoms with Gasteiger partial charge in [-0.1, -0.05) is 18.6 Å². The predicted molar refractivity (Wildman–Crippen MR) is 59.3 cm³/mol. The van der Waals surface area contributed by atoms with E-state index in [9.17, 15) is 4.79 Å². The van der Waals surface area contributed by atoms with Gasteiger partial charge in [-0.05, 0) is 25.0 Å². The lowest BCUT2D eigenvalue weighted by atomic mass is 9.84. The van der Waals surface area contributed by atoms with Gasteiger partial charge in [-0.2, -0.15) is 0 Å². The fourth-order valence-corrected chi connectivity index (χ4v) is 3.58. The summed E-state index contributed by atoms with van der Waals surface area (Å²) in [6.07, 6.45) is 3.21. The molecule has 0 N–H and O–H groups in total. The third-order valence-corrected chi connectivity index (χ3v) is 4.31. The number of para-hydroxylation sites is 1. The van der Waals surface area contributed by atoms with E-state index in [2.05, 4.69) is 0 Å². The molecule has 0 unspecified atom stereocenters. The van der Waals surface area contributed by atoms with Crippen molar-refractivity contribution in [2.24, 2.45) is 5.92 Å². The minimum absolute atomic E-state index is 0.281. The zero-order valence-corrected chi connectivity index (χ0v) is 8.98. The number of nitrogens with zero attached hydrogens (tertiary/aromatic N) is 1. The maximum absolute atomic E-state index is 12.6. The SMILES string of the molecule is O=C1c2ccccc2N2OC[C@@H]3CCC[C@@]132. The van der Waals surface area contributed by atoms with Gasteiger partial charge in [-0.25, -0.2) is 5.06 Å². The van der Waals surface area contributed by atoms with Crippen LogP contribution in [0.3, 0.4) is 0 Å². The lowest BCUT2D eigenvalue weighted by Crippen LogP contribution is -2.46. The molecule has 3 nitrogen and oxygen atoms in total. The van der Waals surface area contributed by atoms with E-state index in [1.165, 1.54) is 0 Å². The fourth-order valence-electron chi connectivity index (χ4n) is 3.58. The van der Waals surface area contributed by atoms with Crippen LogP contribution in [-0.2, 0) is 4.84 Å². The molecule has 1 aliphatic carbocycles. The first-order chi connectivity index (χ1) is 7.84. The smallest absolute Gasteiger partial charge is 0.193 e. The topological polar surface area (TPSA) is 29.5 Å². The molecule has 0 radical (unpaired) electrons. The van der Waals surface area contributed by atoms with Crippen LogP contribution in [0.4, 0.5) is 5.69 Å². The van der Waals surface area contributed by atoms with Gasteiger partial charge in [0, 0.05) is 11.5 Å². The summed E-state index contributed by atoms with van der Waals surface area (Å²) in [6, 6.07) is 7.81. The molecule has 4 rings (SSSR count). The maximum Gasteiger partial charge on any atom is 0.193 e. The molecule has 1 saturated heterocycles. The van der Waals surface area contributed by atoms with Crippen LogP contribution >= 0.6 is 0 Å². The van der Waals surface area contributed by atoms with E-state index >= 15 is 0 Å². The normalized spacial score (nSPS) is 35.1. The van der Waals surface area contributed by atoms with Crippen molar-refractivity contribution in [2.75, 3.05) is 11.7 Å². The van der Waals surface area contributed by atoms with Crippen molar-refractivity contribution in [3.05, 3.63) is 29.8 Å². The van der Waals surface area contributed by atoms with Crippen LogP contribution in [0.15, 0.2) is 24.3 Å². The van der Waals surface area contributed by atoms with Crippen molar-refractivity contribution in [3.8, 4) is 0 Å². The summed E-state index contributed by atoms with van der Waals surface area (Å²) < 4.78 is 0. The summed E-state index contributed by atoms with van der Waals surface area (Å²) in [4.78, 5) is 18.3. The summed E-state index contributed by atoms with van der Waals surface area (Å²) >= 11 is 0. The Bertz CT molecular complexity index is 485. The summed E-state index contributed by atoms with van der Waals surface area (Å²) in [5, 5.41) is 1.91. The number of carbonyl (C=O) groups excluding carboxylic acids is 1. The van der Waals surface area contributed by atoms with E-state index in [4.69, 9.17) is 4.84 Å². The van der Waals surface area contributed by atoms with E-state index in [0.29, 0.717) is 12.5 Å². The van der Waals surface area contributed by atoms with E-state index in [1.807, 2.05) is 29.3 Å². The number of benzene rings is 1. The Labute approximate surface area is 94.0 Å². The number of hydroxylamine groups is 1. The number of anilines is 1. The summed E-state index contributed by atoms with van der Waals surface area (Å²) in [5.74, 6) is 0.676. The van der Waals surface area contributed by atoms with Crippen LogP contribution in [0.5, 0.6) is 0 Å². The third-order valence-electron chi connectivity index (χ3n) is 4.31. The Morgan fingerprint density at radius 2 is 2.25 bits per heavy atom. The zero-order valence-electron chi connectivity index (χ0n) is 8.98. The van der Waals surface area contributed by atoms with E-state index < -0.39 is 0 Å². The molecular weight excluding hydrogens is 202 g/mol. The molecule has 0 aromatic heterocycles. The first-order valence-corrected chi connectivity index (χ1v) is 5.91. The molecule has 1 saturated carbocycles. The van der Waals surface area contributed by atoms with Gasteiger partial charge in [0.2, 0.25) is 0 Å². The second kappa shape index (κ2) is 2.66. The van der Waals surface area contributed by atoms with Crippen molar-refractivity contribution in [1.82, 2.24) is 0 Å². The minimum atomic E-state index is -0.344. The van der Waals surface area contributed by atoms with Crippen LogP contribution < -0.4 is 5.06 Å². The summed E-state index contributed by atoms with van der Waals surface area (Å²) in [5.41, 5.74) is 1.47. The standard InChI is InChI=1S/C13H13NO2/c15-12-10-5-1-2-6-11(10)14-13(12)7-3-4-9(13)8-16-14/h1-2,5-6,9H,3-4,7-8H2/t9-,13-/m0/s1. The summed E-state index contributed by atoms with van der Waals surface area (Å²) in [7, 11) is 0. The Kier molecular flexibility index (Phi) is 1.46. The minimum Gasteiger partial charge on any atom is -0.291 e. The third kappa shape index (κ3) is 0.756. The van der Waals surface area contributed by atoms with E-state index in [1.54, 1.807) is 0 Å². The lowest BCUT2D eigenvalue weighted by Gasteiger charge is -2.28. The van der Waals surface area contributed by atoms with Gasteiger partial charge < -0.3 is 0 Å². The molecule has 1 spiro atoms. The van der Waals surface area contributed by atoms with Gasteiger partial charge in [0.15, 0.2) is 5.78 Å². The molecule has 0 amide bonds. The highest BCUT2D eigenvalue weighted by molar-refractivity contribution is 6.14. The number of hydrogen-bond donors (Lipinski definition) is 0. The van der Waals surface area contributed by atoms with E-state index in [0.717, 1.165) is 30.5 Å². The van der Waals surface area contributed by atoms with Crippen LogP contribution in [0.2, 0.25) is 0 Å².